The van der Waals surface area contributed by atoms with Crippen LogP contribution in [0.25, 0.3) is 0 Å². The number of benzene rings is 1. The minimum Gasteiger partial charge on any atom is -0.264 e. The number of nitro groups is 1. The molecule has 1 rings (SSSR count). The zero-order chi connectivity index (χ0) is 11.6. The smallest absolute Gasteiger partial charge is 0.235 e. The molecule has 0 aliphatic heterocycles. The van der Waals surface area contributed by atoms with Crippen molar-refractivity contribution in [2.24, 2.45) is 0 Å². The fourth-order valence-corrected chi connectivity index (χ4v) is 1.75. The van der Waals surface area contributed by atoms with Crippen molar-refractivity contribution in [1.29, 1.82) is 0 Å². The number of hydrogen-bond acceptors (Lipinski definition) is 4. The lowest BCUT2D eigenvalue weighted by Gasteiger charge is -2.04. The van der Waals surface area contributed by atoms with E-state index in [2.05, 4.69) is 0 Å². The first-order chi connectivity index (χ1) is 6.82. The van der Waals surface area contributed by atoms with Crippen LogP contribution in [-0.2, 0) is 9.84 Å². The molecule has 0 aromatic heterocycles. The van der Waals surface area contributed by atoms with Gasteiger partial charge in [-0.05, 0) is 12.1 Å². The third-order valence-corrected chi connectivity index (χ3v) is 3.24. The SMILES string of the molecule is CC(c1ccc(S(C)(=O)=O)cc1)[N+](=O)[O-]. The Morgan fingerprint density at radius 2 is 1.73 bits per heavy atom. The van der Waals surface area contributed by atoms with E-state index < -0.39 is 20.8 Å². The van der Waals surface area contributed by atoms with Crippen molar-refractivity contribution in [1.82, 2.24) is 0 Å². The van der Waals surface area contributed by atoms with Crippen LogP contribution in [0.2, 0.25) is 0 Å². The van der Waals surface area contributed by atoms with Crippen LogP contribution in [-0.4, -0.2) is 19.6 Å². The minimum atomic E-state index is -3.24. The molecule has 0 bridgehead atoms. The van der Waals surface area contributed by atoms with E-state index in [1.807, 2.05) is 0 Å². The van der Waals surface area contributed by atoms with Gasteiger partial charge in [0.1, 0.15) is 0 Å². The molecule has 1 atom stereocenters. The van der Waals surface area contributed by atoms with Crippen molar-refractivity contribution < 1.29 is 13.3 Å². The van der Waals surface area contributed by atoms with Gasteiger partial charge in [0.15, 0.2) is 9.84 Å². The van der Waals surface area contributed by atoms with Gasteiger partial charge in [-0.1, -0.05) is 12.1 Å². The van der Waals surface area contributed by atoms with Gasteiger partial charge in [-0.3, -0.25) is 10.1 Å². The first-order valence-corrected chi connectivity index (χ1v) is 6.15. The molecular weight excluding hydrogens is 218 g/mol. The fourth-order valence-electron chi connectivity index (χ4n) is 1.12. The maximum atomic E-state index is 11.1. The number of rotatable bonds is 3. The molecule has 1 aromatic carbocycles. The second-order valence-corrected chi connectivity index (χ2v) is 5.32. The summed E-state index contributed by atoms with van der Waals surface area (Å²) < 4.78 is 22.2. The molecule has 0 saturated carbocycles. The molecule has 6 heteroatoms. The second-order valence-electron chi connectivity index (χ2n) is 3.30. The lowest BCUT2D eigenvalue weighted by atomic mass is 10.1. The van der Waals surface area contributed by atoms with Gasteiger partial charge < -0.3 is 0 Å². The topological polar surface area (TPSA) is 77.3 Å². The largest absolute Gasteiger partial charge is 0.264 e. The standard InChI is InChI=1S/C9H11NO4S/c1-7(10(11)12)8-3-5-9(6-4-8)15(2,13)14/h3-7H,1-2H3. The van der Waals surface area contributed by atoms with Gasteiger partial charge in [0.25, 0.3) is 0 Å². The van der Waals surface area contributed by atoms with Crippen LogP contribution in [0.15, 0.2) is 29.2 Å². The van der Waals surface area contributed by atoms with Crippen molar-refractivity contribution >= 4 is 9.84 Å². The van der Waals surface area contributed by atoms with Crippen molar-refractivity contribution in [2.45, 2.75) is 17.9 Å². The summed E-state index contributed by atoms with van der Waals surface area (Å²) in [4.78, 5) is 10.2. The Labute approximate surface area is 87.8 Å². The highest BCUT2D eigenvalue weighted by Crippen LogP contribution is 2.18. The molecule has 1 aromatic rings. The van der Waals surface area contributed by atoms with Gasteiger partial charge in [0.2, 0.25) is 6.04 Å². The van der Waals surface area contributed by atoms with Crippen molar-refractivity contribution in [3.8, 4) is 0 Å². The Morgan fingerprint density at radius 3 is 2.07 bits per heavy atom. The molecule has 0 heterocycles. The average Bonchev–Trinajstić information content (AvgIpc) is 2.15. The molecule has 0 saturated heterocycles. The highest BCUT2D eigenvalue weighted by molar-refractivity contribution is 7.90. The number of nitrogens with zero attached hydrogens (tertiary/aromatic N) is 1. The van der Waals surface area contributed by atoms with E-state index >= 15 is 0 Å². The second kappa shape index (κ2) is 3.98. The summed E-state index contributed by atoms with van der Waals surface area (Å²) >= 11 is 0. The van der Waals surface area contributed by atoms with Gasteiger partial charge in [0.05, 0.1) is 4.90 Å². The third-order valence-electron chi connectivity index (χ3n) is 2.11. The summed E-state index contributed by atoms with van der Waals surface area (Å²) in [6, 6.07) is 4.86. The Bertz CT molecular complexity index is 463. The van der Waals surface area contributed by atoms with Gasteiger partial charge in [0, 0.05) is 23.7 Å². The Kier molecular flexibility index (Phi) is 3.09. The fraction of sp³-hybridized carbons (Fsp3) is 0.333. The van der Waals surface area contributed by atoms with E-state index in [-0.39, 0.29) is 4.90 Å². The first kappa shape index (κ1) is 11.6. The molecule has 0 radical (unpaired) electrons. The molecule has 1 unspecified atom stereocenters. The predicted molar refractivity (Wildman–Crippen MR) is 55.0 cm³/mol. The monoisotopic (exact) mass is 229 g/mol. The van der Waals surface area contributed by atoms with Crippen LogP contribution < -0.4 is 0 Å². The van der Waals surface area contributed by atoms with Crippen molar-refractivity contribution in [3.05, 3.63) is 39.9 Å². The van der Waals surface area contributed by atoms with E-state index in [9.17, 15) is 18.5 Å². The van der Waals surface area contributed by atoms with E-state index in [0.717, 1.165) is 6.26 Å². The van der Waals surface area contributed by atoms with Crippen molar-refractivity contribution in [2.75, 3.05) is 6.26 Å². The van der Waals surface area contributed by atoms with Gasteiger partial charge in [-0.25, -0.2) is 8.42 Å². The van der Waals surface area contributed by atoms with Gasteiger partial charge >= 0.3 is 0 Å². The van der Waals surface area contributed by atoms with E-state index in [0.29, 0.717) is 5.56 Å². The van der Waals surface area contributed by atoms with E-state index in [4.69, 9.17) is 0 Å². The van der Waals surface area contributed by atoms with Crippen LogP contribution >= 0.6 is 0 Å². The van der Waals surface area contributed by atoms with Crippen molar-refractivity contribution in [3.63, 3.8) is 0 Å². The molecule has 15 heavy (non-hydrogen) atoms. The molecule has 5 nitrogen and oxygen atoms in total. The van der Waals surface area contributed by atoms with Crippen LogP contribution in [0.3, 0.4) is 0 Å². The summed E-state index contributed by atoms with van der Waals surface area (Å²) in [5.74, 6) is 0. The van der Waals surface area contributed by atoms with E-state index in [1.165, 1.54) is 31.2 Å². The molecule has 0 aliphatic rings. The molecule has 0 fully saturated rings. The Morgan fingerprint density at radius 1 is 1.27 bits per heavy atom. The molecule has 0 N–H and O–H groups in total. The summed E-state index contributed by atoms with van der Waals surface area (Å²) in [6.45, 7) is 1.45. The highest BCUT2D eigenvalue weighted by atomic mass is 32.2. The number of sulfone groups is 1. The first-order valence-electron chi connectivity index (χ1n) is 4.26. The van der Waals surface area contributed by atoms with Crippen LogP contribution in [0.1, 0.15) is 18.5 Å². The van der Waals surface area contributed by atoms with Crippen LogP contribution in [0, 0.1) is 10.1 Å². The lowest BCUT2D eigenvalue weighted by Crippen LogP contribution is -2.06. The molecule has 0 amide bonds. The summed E-state index contributed by atoms with van der Waals surface area (Å²) in [6.07, 6.45) is 1.10. The highest BCUT2D eigenvalue weighted by Gasteiger charge is 2.16. The molecular formula is C9H11NO4S. The lowest BCUT2D eigenvalue weighted by molar-refractivity contribution is -0.524. The summed E-state index contributed by atoms with van der Waals surface area (Å²) in [5, 5.41) is 10.5. The number of hydrogen-bond donors (Lipinski definition) is 0. The summed E-state index contributed by atoms with van der Waals surface area (Å²) in [7, 11) is -3.24. The molecule has 0 spiro atoms. The maximum Gasteiger partial charge on any atom is 0.235 e. The van der Waals surface area contributed by atoms with E-state index in [1.54, 1.807) is 0 Å². The molecule has 0 aliphatic carbocycles. The zero-order valence-electron chi connectivity index (χ0n) is 8.38. The van der Waals surface area contributed by atoms with Crippen LogP contribution in [0.4, 0.5) is 0 Å². The van der Waals surface area contributed by atoms with Gasteiger partial charge in [-0.2, -0.15) is 0 Å². The third kappa shape index (κ3) is 2.76. The van der Waals surface area contributed by atoms with Crippen LogP contribution in [0.5, 0.6) is 0 Å². The zero-order valence-corrected chi connectivity index (χ0v) is 9.19. The predicted octanol–water partition coefficient (Wildman–Crippen LogP) is 1.43. The van der Waals surface area contributed by atoms with Gasteiger partial charge in [-0.15, -0.1) is 0 Å². The Balaban J connectivity index is 3.06. The minimum absolute atomic E-state index is 0.168. The molecule has 82 valence electrons. The Hall–Kier alpha value is -1.43. The maximum absolute atomic E-state index is 11.1. The quantitative estimate of drug-likeness (QED) is 0.580. The summed E-state index contributed by atoms with van der Waals surface area (Å²) in [5.41, 5.74) is 0.493. The normalized spacial score (nSPS) is 13.5. The average molecular weight is 229 g/mol.